The van der Waals surface area contributed by atoms with Crippen molar-refractivity contribution in [2.45, 2.75) is 58.0 Å². The van der Waals surface area contributed by atoms with Crippen molar-refractivity contribution in [3.8, 4) is 0 Å². The molecular formula is C13H25NO2S. The minimum absolute atomic E-state index is 0.0894. The van der Waals surface area contributed by atoms with Gasteiger partial charge in [0.15, 0.2) is 0 Å². The number of nitrogens with one attached hydrogen (secondary N) is 1. The van der Waals surface area contributed by atoms with Crippen LogP contribution in [-0.4, -0.2) is 35.7 Å². The van der Waals surface area contributed by atoms with Crippen LogP contribution in [0.25, 0.3) is 0 Å². The minimum Gasteiger partial charge on any atom is -0.465 e. The van der Waals surface area contributed by atoms with E-state index in [0.717, 1.165) is 24.3 Å². The fourth-order valence-corrected chi connectivity index (χ4v) is 2.51. The van der Waals surface area contributed by atoms with Crippen LogP contribution in [-0.2, 0) is 9.53 Å². The molecule has 1 rings (SSSR count). The molecule has 0 spiro atoms. The number of hydrogen-bond acceptors (Lipinski definition) is 4. The summed E-state index contributed by atoms with van der Waals surface area (Å²) in [6, 6.07) is 0.531. The summed E-state index contributed by atoms with van der Waals surface area (Å²) in [7, 11) is 0. The van der Waals surface area contributed by atoms with Crippen molar-refractivity contribution >= 4 is 17.7 Å². The van der Waals surface area contributed by atoms with Gasteiger partial charge < -0.3 is 4.74 Å². The van der Waals surface area contributed by atoms with Crippen LogP contribution in [0, 0.1) is 0 Å². The third kappa shape index (κ3) is 5.30. The summed E-state index contributed by atoms with van der Waals surface area (Å²) < 4.78 is 5.18. The van der Waals surface area contributed by atoms with Gasteiger partial charge >= 0.3 is 5.97 Å². The Labute approximate surface area is 109 Å². The highest BCUT2D eigenvalue weighted by Crippen LogP contribution is 2.26. The van der Waals surface area contributed by atoms with Crippen LogP contribution < -0.4 is 5.32 Å². The molecule has 0 aromatic heterocycles. The van der Waals surface area contributed by atoms with Crippen LogP contribution in [0.3, 0.4) is 0 Å². The van der Waals surface area contributed by atoms with E-state index in [4.69, 9.17) is 4.74 Å². The Bertz CT molecular complexity index is 244. The van der Waals surface area contributed by atoms with E-state index in [9.17, 15) is 4.79 Å². The molecule has 1 unspecified atom stereocenters. The predicted octanol–water partition coefficient (Wildman–Crippen LogP) is 2.59. The van der Waals surface area contributed by atoms with Gasteiger partial charge in [-0.05, 0) is 51.0 Å². The predicted molar refractivity (Wildman–Crippen MR) is 73.4 cm³/mol. The Morgan fingerprint density at radius 3 is 2.71 bits per heavy atom. The van der Waals surface area contributed by atoms with Crippen molar-refractivity contribution in [2.24, 2.45) is 0 Å². The first-order valence-electron chi connectivity index (χ1n) is 6.65. The number of carbonyl (C=O) groups is 1. The molecule has 0 amide bonds. The van der Waals surface area contributed by atoms with Crippen LogP contribution in [0.15, 0.2) is 0 Å². The first-order valence-corrected chi connectivity index (χ1v) is 7.80. The highest BCUT2D eigenvalue weighted by molar-refractivity contribution is 7.99. The number of rotatable bonds is 9. The van der Waals surface area contributed by atoms with Crippen molar-refractivity contribution in [3.05, 3.63) is 0 Å². The number of thioether (sulfide) groups is 1. The molecule has 4 heteroatoms. The summed E-state index contributed by atoms with van der Waals surface area (Å²) in [5.74, 6) is 2.18. The quantitative estimate of drug-likeness (QED) is 0.510. The molecule has 17 heavy (non-hydrogen) atoms. The zero-order valence-electron chi connectivity index (χ0n) is 11.3. The van der Waals surface area contributed by atoms with Crippen molar-refractivity contribution in [2.75, 3.05) is 18.1 Å². The van der Waals surface area contributed by atoms with Crippen molar-refractivity contribution in [3.63, 3.8) is 0 Å². The standard InChI is InChI=1S/C13H25NO2S/c1-4-16-12(15)13(3,14-11-7-8-11)9-6-10-17-5-2/h11,14H,4-10H2,1-3H3. The zero-order chi connectivity index (χ0) is 12.7. The van der Waals surface area contributed by atoms with Crippen LogP contribution in [0.2, 0.25) is 0 Å². The molecule has 0 aromatic rings. The molecule has 1 atom stereocenters. The van der Waals surface area contributed by atoms with Crippen molar-refractivity contribution < 1.29 is 9.53 Å². The fourth-order valence-electron chi connectivity index (χ4n) is 1.87. The molecule has 100 valence electrons. The van der Waals surface area contributed by atoms with Gasteiger partial charge in [-0.2, -0.15) is 11.8 Å². The molecule has 3 nitrogen and oxygen atoms in total. The summed E-state index contributed by atoms with van der Waals surface area (Å²) >= 11 is 1.93. The lowest BCUT2D eigenvalue weighted by Crippen LogP contribution is -2.51. The molecule has 0 aliphatic heterocycles. The van der Waals surface area contributed by atoms with Gasteiger partial charge in [0.1, 0.15) is 5.54 Å². The van der Waals surface area contributed by atoms with Crippen LogP contribution in [0.4, 0.5) is 0 Å². The Morgan fingerprint density at radius 2 is 2.18 bits per heavy atom. The molecule has 1 aliphatic rings. The monoisotopic (exact) mass is 259 g/mol. The van der Waals surface area contributed by atoms with Crippen LogP contribution in [0.1, 0.15) is 46.5 Å². The largest absolute Gasteiger partial charge is 0.465 e. The SMILES string of the molecule is CCOC(=O)C(C)(CCCSCC)NC1CC1. The first-order chi connectivity index (χ1) is 8.12. The van der Waals surface area contributed by atoms with E-state index in [2.05, 4.69) is 12.2 Å². The maximum absolute atomic E-state index is 12.0. The first kappa shape index (κ1) is 14.8. The average molecular weight is 259 g/mol. The molecule has 0 aromatic carbocycles. The van der Waals surface area contributed by atoms with E-state index in [-0.39, 0.29) is 5.97 Å². The lowest BCUT2D eigenvalue weighted by molar-refractivity contribution is -0.151. The summed E-state index contributed by atoms with van der Waals surface area (Å²) in [5, 5.41) is 3.45. The second kappa shape index (κ2) is 7.27. The second-order valence-corrected chi connectivity index (χ2v) is 6.17. The Kier molecular flexibility index (Phi) is 6.34. The van der Waals surface area contributed by atoms with E-state index in [1.54, 1.807) is 0 Å². The molecule has 0 heterocycles. The van der Waals surface area contributed by atoms with Gasteiger partial charge in [0.05, 0.1) is 6.61 Å². The topological polar surface area (TPSA) is 38.3 Å². The third-order valence-corrected chi connectivity index (χ3v) is 3.98. The van der Waals surface area contributed by atoms with E-state index in [0.29, 0.717) is 12.6 Å². The number of esters is 1. The maximum Gasteiger partial charge on any atom is 0.326 e. The van der Waals surface area contributed by atoms with E-state index >= 15 is 0 Å². The lowest BCUT2D eigenvalue weighted by Gasteiger charge is -2.28. The summed E-state index contributed by atoms with van der Waals surface area (Å²) in [6.07, 6.45) is 4.32. The average Bonchev–Trinajstić information content (AvgIpc) is 3.08. The molecule has 1 saturated carbocycles. The van der Waals surface area contributed by atoms with Gasteiger partial charge in [-0.25, -0.2) is 0 Å². The summed E-state index contributed by atoms with van der Waals surface area (Å²) in [4.78, 5) is 12.0. The molecular weight excluding hydrogens is 234 g/mol. The highest BCUT2D eigenvalue weighted by Gasteiger charge is 2.38. The lowest BCUT2D eigenvalue weighted by atomic mass is 9.96. The number of hydrogen-bond donors (Lipinski definition) is 1. The van der Waals surface area contributed by atoms with Crippen LogP contribution >= 0.6 is 11.8 Å². The Hall–Kier alpha value is -0.220. The maximum atomic E-state index is 12.0. The molecule has 1 aliphatic carbocycles. The van der Waals surface area contributed by atoms with Gasteiger partial charge in [-0.3, -0.25) is 10.1 Å². The smallest absolute Gasteiger partial charge is 0.326 e. The number of ether oxygens (including phenoxy) is 1. The van der Waals surface area contributed by atoms with Gasteiger partial charge in [0.2, 0.25) is 0 Å². The van der Waals surface area contributed by atoms with Crippen molar-refractivity contribution in [1.29, 1.82) is 0 Å². The van der Waals surface area contributed by atoms with Gasteiger partial charge in [-0.1, -0.05) is 6.92 Å². The molecule has 1 N–H and O–H groups in total. The van der Waals surface area contributed by atoms with Gasteiger partial charge in [-0.15, -0.1) is 0 Å². The zero-order valence-corrected chi connectivity index (χ0v) is 12.1. The van der Waals surface area contributed by atoms with Gasteiger partial charge in [0, 0.05) is 6.04 Å². The molecule has 0 saturated heterocycles. The Morgan fingerprint density at radius 1 is 1.47 bits per heavy atom. The Balaban J connectivity index is 2.41. The summed E-state index contributed by atoms with van der Waals surface area (Å²) in [6.45, 7) is 6.48. The summed E-state index contributed by atoms with van der Waals surface area (Å²) in [5.41, 5.74) is -0.481. The van der Waals surface area contributed by atoms with Gasteiger partial charge in [0.25, 0.3) is 0 Å². The van der Waals surface area contributed by atoms with E-state index in [1.807, 2.05) is 25.6 Å². The normalized spacial score (nSPS) is 18.8. The minimum atomic E-state index is -0.481. The third-order valence-electron chi connectivity index (χ3n) is 3.00. The number of carbonyl (C=O) groups excluding carboxylic acids is 1. The second-order valence-electron chi connectivity index (χ2n) is 4.77. The fraction of sp³-hybridized carbons (Fsp3) is 0.923. The molecule has 1 fully saturated rings. The van der Waals surface area contributed by atoms with E-state index in [1.165, 1.54) is 12.8 Å². The van der Waals surface area contributed by atoms with E-state index < -0.39 is 5.54 Å². The van der Waals surface area contributed by atoms with Crippen LogP contribution in [0.5, 0.6) is 0 Å². The molecule has 0 bridgehead atoms. The molecule has 0 radical (unpaired) electrons. The highest BCUT2D eigenvalue weighted by atomic mass is 32.2. The van der Waals surface area contributed by atoms with Crippen molar-refractivity contribution in [1.82, 2.24) is 5.32 Å².